The molecule has 0 aromatic heterocycles. The third kappa shape index (κ3) is 3.77. The van der Waals surface area contributed by atoms with Crippen molar-refractivity contribution < 1.29 is 0 Å². The monoisotopic (exact) mass is 314 g/mol. The maximum atomic E-state index is 6.12. The van der Waals surface area contributed by atoms with Crippen LogP contribution in [0.25, 0.3) is 0 Å². The second kappa shape index (κ2) is 6.49. The summed E-state index contributed by atoms with van der Waals surface area (Å²) >= 11 is 18.1. The van der Waals surface area contributed by atoms with Crippen molar-refractivity contribution in [1.82, 2.24) is 0 Å². The van der Waals surface area contributed by atoms with Gasteiger partial charge in [-0.2, -0.15) is 0 Å². The van der Waals surface area contributed by atoms with Gasteiger partial charge in [0.2, 0.25) is 0 Å². The smallest absolute Gasteiger partial charge is 0.0637 e. The number of hydrogen-bond acceptors (Lipinski definition) is 2. The molecule has 100 valence electrons. The highest BCUT2D eigenvalue weighted by molar-refractivity contribution is 6.34. The van der Waals surface area contributed by atoms with Crippen LogP contribution >= 0.6 is 34.8 Å². The first kappa shape index (κ1) is 14.5. The molecule has 0 radical (unpaired) electrons. The third-order valence-corrected chi connectivity index (χ3v) is 3.49. The van der Waals surface area contributed by atoms with E-state index in [1.54, 1.807) is 6.07 Å². The van der Waals surface area contributed by atoms with Gasteiger partial charge in [-0.25, -0.2) is 0 Å². The summed E-state index contributed by atoms with van der Waals surface area (Å²) in [5.41, 5.74) is 7.57. The molecule has 0 saturated carbocycles. The van der Waals surface area contributed by atoms with Crippen molar-refractivity contribution >= 4 is 40.5 Å². The Morgan fingerprint density at radius 1 is 1.00 bits per heavy atom. The summed E-state index contributed by atoms with van der Waals surface area (Å²) in [4.78, 5) is 0. The molecule has 0 aliphatic heterocycles. The minimum absolute atomic E-state index is 0.101. The van der Waals surface area contributed by atoms with Gasteiger partial charge in [-0.05, 0) is 35.9 Å². The minimum Gasteiger partial charge on any atom is -0.376 e. The lowest BCUT2D eigenvalue weighted by molar-refractivity contribution is 0.790. The zero-order valence-electron chi connectivity index (χ0n) is 10.0. The lowest BCUT2D eigenvalue weighted by atomic mass is 10.1. The molecule has 1 atom stereocenters. The lowest BCUT2D eigenvalue weighted by Crippen LogP contribution is -2.20. The third-order valence-electron chi connectivity index (χ3n) is 2.73. The Morgan fingerprint density at radius 3 is 2.21 bits per heavy atom. The van der Waals surface area contributed by atoms with Crippen molar-refractivity contribution in [3.63, 3.8) is 0 Å². The second-order valence-corrected chi connectivity index (χ2v) is 5.40. The largest absolute Gasteiger partial charge is 0.376 e. The van der Waals surface area contributed by atoms with E-state index < -0.39 is 0 Å². The first-order chi connectivity index (χ1) is 9.10. The highest BCUT2D eigenvalue weighted by atomic mass is 35.5. The molecular weight excluding hydrogens is 303 g/mol. The molecule has 2 aromatic rings. The summed E-state index contributed by atoms with van der Waals surface area (Å²) in [5.74, 6) is 0. The van der Waals surface area contributed by atoms with Gasteiger partial charge in [-0.3, -0.25) is 0 Å². The van der Waals surface area contributed by atoms with Crippen LogP contribution in [0.3, 0.4) is 0 Å². The molecule has 2 rings (SSSR count). The fourth-order valence-electron chi connectivity index (χ4n) is 1.82. The van der Waals surface area contributed by atoms with Crippen LogP contribution in [-0.2, 0) is 0 Å². The van der Waals surface area contributed by atoms with Crippen LogP contribution in [0.1, 0.15) is 11.6 Å². The van der Waals surface area contributed by atoms with Gasteiger partial charge in [0, 0.05) is 16.6 Å². The summed E-state index contributed by atoms with van der Waals surface area (Å²) in [5, 5.41) is 5.11. The number of nitrogens with one attached hydrogen (secondary N) is 1. The Kier molecular flexibility index (Phi) is 4.94. The number of halogens is 3. The Labute approximate surface area is 127 Å². The van der Waals surface area contributed by atoms with E-state index >= 15 is 0 Å². The van der Waals surface area contributed by atoms with Crippen LogP contribution in [0.5, 0.6) is 0 Å². The zero-order chi connectivity index (χ0) is 13.8. The van der Waals surface area contributed by atoms with Gasteiger partial charge < -0.3 is 11.1 Å². The van der Waals surface area contributed by atoms with E-state index in [-0.39, 0.29) is 6.04 Å². The highest BCUT2D eigenvalue weighted by Gasteiger charge is 2.12. The summed E-state index contributed by atoms with van der Waals surface area (Å²) in [7, 11) is 0. The number of rotatable bonds is 4. The predicted octanol–water partition coefficient (Wildman–Crippen LogP) is 4.76. The van der Waals surface area contributed by atoms with Gasteiger partial charge >= 0.3 is 0 Å². The Bertz CT molecular complexity index is 552. The molecule has 3 N–H and O–H groups in total. The molecule has 0 saturated heterocycles. The molecule has 2 aromatic carbocycles. The van der Waals surface area contributed by atoms with E-state index in [2.05, 4.69) is 5.32 Å². The molecule has 5 heteroatoms. The maximum Gasteiger partial charge on any atom is 0.0637 e. The standard InChI is InChI=1S/C14H13Cl3N2/c15-10-5-9(6-11(16)7-10)14(8-18)19-13-4-2-1-3-12(13)17/h1-7,14,19H,8,18H2. The summed E-state index contributed by atoms with van der Waals surface area (Å²) < 4.78 is 0. The average Bonchev–Trinajstić information content (AvgIpc) is 2.36. The molecule has 0 bridgehead atoms. The Balaban J connectivity index is 2.28. The molecule has 2 nitrogen and oxygen atoms in total. The van der Waals surface area contributed by atoms with Crippen molar-refractivity contribution in [2.75, 3.05) is 11.9 Å². The fourth-order valence-corrected chi connectivity index (χ4v) is 2.55. The fraction of sp³-hybridized carbons (Fsp3) is 0.143. The van der Waals surface area contributed by atoms with E-state index in [0.29, 0.717) is 21.6 Å². The van der Waals surface area contributed by atoms with Gasteiger partial charge in [0.1, 0.15) is 0 Å². The van der Waals surface area contributed by atoms with Gasteiger partial charge in [0.05, 0.1) is 16.8 Å². The Morgan fingerprint density at radius 2 is 1.63 bits per heavy atom. The van der Waals surface area contributed by atoms with Crippen molar-refractivity contribution in [3.05, 3.63) is 63.1 Å². The van der Waals surface area contributed by atoms with Crippen molar-refractivity contribution in [3.8, 4) is 0 Å². The zero-order valence-corrected chi connectivity index (χ0v) is 12.3. The molecule has 0 heterocycles. The summed E-state index contributed by atoms with van der Waals surface area (Å²) in [6.07, 6.45) is 0. The predicted molar refractivity (Wildman–Crippen MR) is 83.3 cm³/mol. The van der Waals surface area contributed by atoms with Crippen LogP contribution in [0.2, 0.25) is 15.1 Å². The van der Waals surface area contributed by atoms with E-state index in [9.17, 15) is 0 Å². The molecule has 0 aliphatic carbocycles. The van der Waals surface area contributed by atoms with Gasteiger partial charge in [0.15, 0.2) is 0 Å². The molecule has 19 heavy (non-hydrogen) atoms. The van der Waals surface area contributed by atoms with Gasteiger partial charge in [-0.1, -0.05) is 46.9 Å². The van der Waals surface area contributed by atoms with Crippen LogP contribution < -0.4 is 11.1 Å². The number of anilines is 1. The lowest BCUT2D eigenvalue weighted by Gasteiger charge is -2.20. The van der Waals surface area contributed by atoms with Gasteiger partial charge in [0.25, 0.3) is 0 Å². The second-order valence-electron chi connectivity index (χ2n) is 4.12. The maximum absolute atomic E-state index is 6.12. The SMILES string of the molecule is NCC(Nc1ccccc1Cl)c1cc(Cl)cc(Cl)c1. The van der Waals surface area contributed by atoms with E-state index in [1.165, 1.54) is 0 Å². The first-order valence-corrected chi connectivity index (χ1v) is 6.90. The molecule has 0 spiro atoms. The number of benzene rings is 2. The molecule has 0 fully saturated rings. The minimum atomic E-state index is -0.101. The van der Waals surface area contributed by atoms with Crippen LogP contribution in [0.4, 0.5) is 5.69 Å². The van der Waals surface area contributed by atoms with Gasteiger partial charge in [-0.15, -0.1) is 0 Å². The topological polar surface area (TPSA) is 38.0 Å². The normalized spacial score (nSPS) is 12.2. The van der Waals surface area contributed by atoms with Crippen LogP contribution in [-0.4, -0.2) is 6.54 Å². The molecule has 0 aliphatic rings. The summed E-state index contributed by atoms with van der Waals surface area (Å²) in [6, 6.07) is 12.8. The first-order valence-electron chi connectivity index (χ1n) is 5.77. The average molecular weight is 316 g/mol. The molecule has 1 unspecified atom stereocenters. The summed E-state index contributed by atoms with van der Waals surface area (Å²) in [6.45, 7) is 0.405. The number of nitrogens with two attached hydrogens (primary N) is 1. The molecule has 0 amide bonds. The van der Waals surface area contributed by atoms with Crippen LogP contribution in [0.15, 0.2) is 42.5 Å². The van der Waals surface area contributed by atoms with E-state index in [1.807, 2.05) is 36.4 Å². The van der Waals surface area contributed by atoms with Crippen LogP contribution in [0, 0.1) is 0 Å². The van der Waals surface area contributed by atoms with E-state index in [0.717, 1.165) is 11.3 Å². The quantitative estimate of drug-likeness (QED) is 0.853. The van der Waals surface area contributed by atoms with Crippen molar-refractivity contribution in [2.24, 2.45) is 5.73 Å². The van der Waals surface area contributed by atoms with Crippen molar-refractivity contribution in [1.29, 1.82) is 0 Å². The Hall–Kier alpha value is -0.930. The van der Waals surface area contributed by atoms with E-state index in [4.69, 9.17) is 40.5 Å². The number of para-hydroxylation sites is 1. The molecular formula is C14H13Cl3N2. The highest BCUT2D eigenvalue weighted by Crippen LogP contribution is 2.28. The van der Waals surface area contributed by atoms with Crippen molar-refractivity contribution in [2.45, 2.75) is 6.04 Å². The number of hydrogen-bond donors (Lipinski definition) is 2.